The molecule has 2 aliphatic rings. The monoisotopic (exact) mass is 210 g/mol. The molecule has 0 spiro atoms. The van der Waals surface area contributed by atoms with E-state index in [0.717, 1.165) is 19.3 Å². The minimum absolute atomic E-state index is 0.0413. The molecular formula is C11H14O4. The van der Waals surface area contributed by atoms with E-state index in [4.69, 9.17) is 9.47 Å². The number of esters is 2. The van der Waals surface area contributed by atoms with Crippen molar-refractivity contribution >= 4 is 11.9 Å². The van der Waals surface area contributed by atoms with E-state index in [1.54, 1.807) is 6.92 Å². The second-order valence-corrected chi connectivity index (χ2v) is 4.18. The van der Waals surface area contributed by atoms with Crippen molar-refractivity contribution in [2.45, 2.75) is 38.4 Å². The average molecular weight is 210 g/mol. The van der Waals surface area contributed by atoms with E-state index >= 15 is 0 Å². The summed E-state index contributed by atoms with van der Waals surface area (Å²) in [7, 11) is 0. The van der Waals surface area contributed by atoms with Crippen molar-refractivity contribution in [1.82, 2.24) is 0 Å². The lowest BCUT2D eigenvalue weighted by Crippen LogP contribution is -2.29. The highest BCUT2D eigenvalue weighted by Gasteiger charge is 2.49. The largest absolute Gasteiger partial charge is 0.459 e. The van der Waals surface area contributed by atoms with E-state index < -0.39 is 18.0 Å². The number of ether oxygens (including phenoxy) is 2. The highest BCUT2D eigenvalue weighted by Crippen LogP contribution is 2.38. The molecule has 1 aliphatic heterocycles. The van der Waals surface area contributed by atoms with Gasteiger partial charge in [0.25, 0.3) is 0 Å². The zero-order valence-corrected chi connectivity index (χ0v) is 8.69. The van der Waals surface area contributed by atoms with Crippen molar-refractivity contribution in [1.29, 1.82) is 0 Å². The fourth-order valence-electron chi connectivity index (χ4n) is 2.19. The van der Waals surface area contributed by atoms with E-state index in [-0.39, 0.29) is 12.0 Å². The molecule has 15 heavy (non-hydrogen) atoms. The number of rotatable bonds is 2. The standard InChI is InChI=1S/C11H14O4/c1-6(2)10(12)15-9-7-4-3-5-8(7)14-11(9)13/h7-9H,1,3-5H2,2H3/t7-,8+,9-/m0/s1. The van der Waals surface area contributed by atoms with Crippen LogP contribution in [0.3, 0.4) is 0 Å². The molecule has 2 fully saturated rings. The highest BCUT2D eigenvalue weighted by molar-refractivity contribution is 5.90. The van der Waals surface area contributed by atoms with Gasteiger partial charge in [0.15, 0.2) is 0 Å². The maximum atomic E-state index is 11.4. The zero-order valence-electron chi connectivity index (χ0n) is 8.69. The van der Waals surface area contributed by atoms with Crippen molar-refractivity contribution in [3.05, 3.63) is 12.2 Å². The number of carbonyl (C=O) groups excluding carboxylic acids is 2. The zero-order chi connectivity index (χ0) is 11.0. The van der Waals surface area contributed by atoms with Gasteiger partial charge < -0.3 is 9.47 Å². The predicted molar refractivity (Wildman–Crippen MR) is 51.9 cm³/mol. The molecule has 0 N–H and O–H groups in total. The van der Waals surface area contributed by atoms with Crippen LogP contribution in [0, 0.1) is 5.92 Å². The van der Waals surface area contributed by atoms with E-state index in [9.17, 15) is 9.59 Å². The Morgan fingerprint density at radius 1 is 1.53 bits per heavy atom. The Balaban J connectivity index is 2.05. The van der Waals surface area contributed by atoms with Crippen LogP contribution >= 0.6 is 0 Å². The molecule has 0 bridgehead atoms. The Morgan fingerprint density at radius 2 is 2.27 bits per heavy atom. The lowest BCUT2D eigenvalue weighted by atomic mass is 10.0. The van der Waals surface area contributed by atoms with Gasteiger partial charge in [0, 0.05) is 11.5 Å². The molecule has 0 radical (unpaired) electrons. The molecule has 1 saturated carbocycles. The molecule has 0 aromatic heterocycles. The molecule has 0 aromatic carbocycles. The molecule has 4 nitrogen and oxygen atoms in total. The Labute approximate surface area is 88.2 Å². The number of fused-ring (bicyclic) bond motifs is 1. The number of carbonyl (C=O) groups is 2. The topological polar surface area (TPSA) is 52.6 Å². The summed E-state index contributed by atoms with van der Waals surface area (Å²) in [6, 6.07) is 0. The lowest BCUT2D eigenvalue weighted by Gasteiger charge is -2.13. The molecule has 1 saturated heterocycles. The van der Waals surface area contributed by atoms with Gasteiger partial charge in [0.2, 0.25) is 6.10 Å². The van der Waals surface area contributed by atoms with Gasteiger partial charge in [-0.05, 0) is 26.2 Å². The Bertz CT molecular complexity index is 321. The molecule has 0 aromatic rings. The van der Waals surface area contributed by atoms with Gasteiger partial charge >= 0.3 is 11.9 Å². The first kappa shape index (κ1) is 10.2. The van der Waals surface area contributed by atoms with Crippen molar-refractivity contribution < 1.29 is 19.1 Å². The number of hydrogen-bond acceptors (Lipinski definition) is 4. The Hall–Kier alpha value is -1.32. The van der Waals surface area contributed by atoms with Gasteiger partial charge in [0.1, 0.15) is 6.10 Å². The van der Waals surface area contributed by atoms with E-state index in [1.165, 1.54) is 0 Å². The van der Waals surface area contributed by atoms with Crippen LogP contribution in [0.2, 0.25) is 0 Å². The Morgan fingerprint density at radius 3 is 2.93 bits per heavy atom. The van der Waals surface area contributed by atoms with Gasteiger partial charge in [-0.2, -0.15) is 0 Å². The van der Waals surface area contributed by atoms with E-state index in [0.29, 0.717) is 5.57 Å². The van der Waals surface area contributed by atoms with Crippen molar-refractivity contribution in [2.75, 3.05) is 0 Å². The third-order valence-corrected chi connectivity index (χ3v) is 2.97. The second-order valence-electron chi connectivity index (χ2n) is 4.18. The summed E-state index contributed by atoms with van der Waals surface area (Å²) in [5.41, 5.74) is 0.309. The van der Waals surface area contributed by atoms with Gasteiger partial charge in [-0.15, -0.1) is 0 Å². The molecule has 4 heteroatoms. The maximum absolute atomic E-state index is 11.4. The fraction of sp³-hybridized carbons (Fsp3) is 0.636. The van der Waals surface area contributed by atoms with Gasteiger partial charge in [-0.1, -0.05) is 6.58 Å². The van der Waals surface area contributed by atoms with Crippen molar-refractivity contribution in [3.8, 4) is 0 Å². The van der Waals surface area contributed by atoms with Gasteiger partial charge in [-0.25, -0.2) is 9.59 Å². The maximum Gasteiger partial charge on any atom is 0.348 e. The molecule has 2 rings (SSSR count). The quantitative estimate of drug-likeness (QED) is 0.507. The summed E-state index contributed by atoms with van der Waals surface area (Å²) in [6.07, 6.45) is 2.06. The highest BCUT2D eigenvalue weighted by atomic mass is 16.6. The van der Waals surface area contributed by atoms with Crippen LogP contribution in [-0.4, -0.2) is 24.1 Å². The van der Waals surface area contributed by atoms with Gasteiger partial charge in [-0.3, -0.25) is 0 Å². The van der Waals surface area contributed by atoms with Crippen molar-refractivity contribution in [3.63, 3.8) is 0 Å². The number of hydrogen-bond donors (Lipinski definition) is 0. The van der Waals surface area contributed by atoms with Crippen LogP contribution in [-0.2, 0) is 19.1 Å². The predicted octanol–water partition coefficient (Wildman–Crippen LogP) is 1.20. The van der Waals surface area contributed by atoms with Crippen LogP contribution in [0.5, 0.6) is 0 Å². The third kappa shape index (κ3) is 1.76. The van der Waals surface area contributed by atoms with Crippen LogP contribution < -0.4 is 0 Å². The van der Waals surface area contributed by atoms with E-state index in [2.05, 4.69) is 6.58 Å². The minimum Gasteiger partial charge on any atom is -0.459 e. The Kier molecular flexibility index (Phi) is 2.50. The molecule has 1 aliphatic carbocycles. The summed E-state index contributed by atoms with van der Waals surface area (Å²) in [5, 5.41) is 0. The van der Waals surface area contributed by atoms with Crippen LogP contribution in [0.1, 0.15) is 26.2 Å². The van der Waals surface area contributed by atoms with Crippen molar-refractivity contribution in [2.24, 2.45) is 5.92 Å². The summed E-state index contributed by atoms with van der Waals surface area (Å²) >= 11 is 0. The smallest absolute Gasteiger partial charge is 0.348 e. The molecule has 0 amide bonds. The van der Waals surface area contributed by atoms with Gasteiger partial charge in [0.05, 0.1) is 0 Å². The first-order chi connectivity index (χ1) is 7.09. The SMILES string of the molecule is C=C(C)C(=O)O[C@@H]1C(=O)O[C@@H]2CCC[C@H]12. The summed E-state index contributed by atoms with van der Waals surface area (Å²) in [6.45, 7) is 5.05. The normalized spacial score (nSPS) is 33.4. The van der Waals surface area contributed by atoms with Crippen LogP contribution in [0.15, 0.2) is 12.2 Å². The lowest BCUT2D eigenvalue weighted by molar-refractivity contribution is -0.159. The van der Waals surface area contributed by atoms with Crippen LogP contribution in [0.4, 0.5) is 0 Å². The third-order valence-electron chi connectivity index (χ3n) is 2.97. The fourth-order valence-corrected chi connectivity index (χ4v) is 2.19. The van der Waals surface area contributed by atoms with E-state index in [1.807, 2.05) is 0 Å². The molecule has 0 unspecified atom stereocenters. The first-order valence-corrected chi connectivity index (χ1v) is 5.16. The summed E-state index contributed by atoms with van der Waals surface area (Å²) in [5.74, 6) is -0.857. The average Bonchev–Trinajstić information content (AvgIpc) is 2.69. The molecule has 3 atom stereocenters. The first-order valence-electron chi connectivity index (χ1n) is 5.16. The van der Waals surface area contributed by atoms with Crippen LogP contribution in [0.25, 0.3) is 0 Å². The second kappa shape index (κ2) is 3.68. The summed E-state index contributed by atoms with van der Waals surface area (Å²) < 4.78 is 10.2. The molecule has 82 valence electrons. The molecular weight excluding hydrogens is 196 g/mol. The summed E-state index contributed by atoms with van der Waals surface area (Å²) in [4.78, 5) is 22.7. The minimum atomic E-state index is -0.707. The molecule has 1 heterocycles.